The van der Waals surface area contributed by atoms with E-state index >= 15 is 0 Å². The van der Waals surface area contributed by atoms with Crippen molar-refractivity contribution in [1.82, 2.24) is 20.0 Å². The zero-order valence-corrected chi connectivity index (χ0v) is 19.6. The Labute approximate surface area is 187 Å². The zero-order valence-electron chi connectivity index (χ0n) is 19.6. The number of carbonyl (C=O) groups is 2. The van der Waals surface area contributed by atoms with Gasteiger partial charge in [-0.25, -0.2) is 4.79 Å². The van der Waals surface area contributed by atoms with E-state index in [-0.39, 0.29) is 30.2 Å². The van der Waals surface area contributed by atoms with Gasteiger partial charge in [-0.3, -0.25) is 9.69 Å². The average Bonchev–Trinajstić information content (AvgIpc) is 3.22. The Hall–Kier alpha value is -1.34. The zero-order chi connectivity index (χ0) is 21.8. The van der Waals surface area contributed by atoms with Crippen LogP contribution in [0.15, 0.2) is 0 Å². The maximum Gasteiger partial charge on any atom is 0.317 e. The van der Waals surface area contributed by atoms with E-state index in [0.717, 1.165) is 77.8 Å². The van der Waals surface area contributed by atoms with E-state index in [2.05, 4.69) is 33.9 Å². The van der Waals surface area contributed by atoms with Crippen LogP contribution < -0.4 is 5.32 Å². The third kappa shape index (κ3) is 5.92. The minimum atomic E-state index is 0.0916. The van der Waals surface area contributed by atoms with Gasteiger partial charge in [-0.05, 0) is 52.4 Å². The molecule has 3 saturated heterocycles. The molecule has 4 fully saturated rings. The molecule has 7 heteroatoms. The van der Waals surface area contributed by atoms with Crippen molar-refractivity contribution in [3.05, 3.63) is 0 Å². The molecule has 3 atom stereocenters. The highest BCUT2D eigenvalue weighted by atomic mass is 16.5. The smallest absolute Gasteiger partial charge is 0.317 e. The summed E-state index contributed by atoms with van der Waals surface area (Å²) in [5.74, 6) is 0.605. The van der Waals surface area contributed by atoms with Gasteiger partial charge in [-0.1, -0.05) is 19.3 Å². The second-order valence-electron chi connectivity index (χ2n) is 10.3. The third-order valence-electron chi connectivity index (χ3n) is 7.69. The molecular weight excluding hydrogens is 392 g/mol. The van der Waals surface area contributed by atoms with Crippen molar-refractivity contribution in [3.8, 4) is 0 Å². The lowest BCUT2D eigenvalue weighted by Gasteiger charge is -2.39. The molecule has 0 radical (unpaired) electrons. The van der Waals surface area contributed by atoms with E-state index in [1.54, 1.807) is 0 Å². The summed E-state index contributed by atoms with van der Waals surface area (Å²) in [5.41, 5.74) is 0. The molecule has 0 bridgehead atoms. The van der Waals surface area contributed by atoms with Crippen molar-refractivity contribution in [2.24, 2.45) is 5.92 Å². The van der Waals surface area contributed by atoms with Gasteiger partial charge in [-0.15, -0.1) is 0 Å². The first-order valence-corrected chi connectivity index (χ1v) is 12.7. The van der Waals surface area contributed by atoms with Crippen molar-refractivity contribution in [3.63, 3.8) is 0 Å². The second kappa shape index (κ2) is 10.5. The lowest BCUT2D eigenvalue weighted by atomic mass is 9.87. The monoisotopic (exact) mass is 434 g/mol. The van der Waals surface area contributed by atoms with Crippen LogP contribution in [0.1, 0.15) is 71.6 Å². The van der Waals surface area contributed by atoms with Crippen LogP contribution in [0.25, 0.3) is 0 Å². The molecule has 1 N–H and O–H groups in total. The van der Waals surface area contributed by atoms with Crippen molar-refractivity contribution >= 4 is 11.9 Å². The molecule has 4 aliphatic rings. The third-order valence-corrected chi connectivity index (χ3v) is 7.69. The Morgan fingerprint density at radius 2 is 1.55 bits per heavy atom. The normalized spacial score (nSPS) is 31.7. The van der Waals surface area contributed by atoms with Crippen molar-refractivity contribution in [1.29, 1.82) is 0 Å². The standard InChI is InChI=1S/C24H42N4O3/c1-18-15-26(16-19(2)31-18)17-22-9-6-12-28(22)24(30)25-21-10-13-27(14-11-21)23(29)20-7-4-3-5-8-20/h18-22H,3-17H2,1-2H3,(H,25,30). The van der Waals surface area contributed by atoms with Crippen LogP contribution in [0.5, 0.6) is 0 Å². The number of nitrogens with zero attached hydrogens (tertiary/aromatic N) is 3. The van der Waals surface area contributed by atoms with Crippen LogP contribution in [-0.4, -0.2) is 90.2 Å². The number of hydrogen-bond acceptors (Lipinski definition) is 4. The van der Waals surface area contributed by atoms with Gasteiger partial charge >= 0.3 is 6.03 Å². The summed E-state index contributed by atoms with van der Waals surface area (Å²) < 4.78 is 5.86. The molecule has 0 aromatic heterocycles. The number of morpholine rings is 1. The second-order valence-corrected chi connectivity index (χ2v) is 10.3. The first kappa shape index (κ1) is 22.8. The molecule has 1 saturated carbocycles. The predicted octanol–water partition coefficient (Wildman–Crippen LogP) is 2.84. The highest BCUT2D eigenvalue weighted by Crippen LogP contribution is 2.27. The van der Waals surface area contributed by atoms with E-state index in [9.17, 15) is 9.59 Å². The summed E-state index contributed by atoms with van der Waals surface area (Å²) in [5, 5.41) is 3.29. The summed E-state index contributed by atoms with van der Waals surface area (Å²) in [4.78, 5) is 32.4. The van der Waals surface area contributed by atoms with E-state index in [4.69, 9.17) is 4.74 Å². The van der Waals surface area contributed by atoms with E-state index in [1.165, 1.54) is 19.3 Å². The first-order chi connectivity index (χ1) is 15.0. The van der Waals surface area contributed by atoms with Crippen LogP contribution >= 0.6 is 0 Å². The lowest BCUT2D eigenvalue weighted by Crippen LogP contribution is -2.54. The molecule has 3 aliphatic heterocycles. The Bertz CT molecular complexity index is 606. The van der Waals surface area contributed by atoms with E-state index < -0.39 is 0 Å². The van der Waals surface area contributed by atoms with Gasteiger partial charge < -0.3 is 19.9 Å². The Morgan fingerprint density at radius 1 is 0.871 bits per heavy atom. The van der Waals surface area contributed by atoms with Gasteiger partial charge in [0.25, 0.3) is 0 Å². The minimum absolute atomic E-state index is 0.0916. The van der Waals surface area contributed by atoms with Gasteiger partial charge in [-0.2, -0.15) is 0 Å². The fourth-order valence-corrected chi connectivity index (χ4v) is 6.13. The van der Waals surface area contributed by atoms with Crippen molar-refractivity contribution in [2.45, 2.75) is 95.9 Å². The van der Waals surface area contributed by atoms with Crippen LogP contribution in [0.2, 0.25) is 0 Å². The topological polar surface area (TPSA) is 65.1 Å². The number of hydrogen-bond donors (Lipinski definition) is 1. The Balaban J connectivity index is 1.22. The molecule has 3 unspecified atom stereocenters. The van der Waals surface area contributed by atoms with Crippen LogP contribution in [-0.2, 0) is 9.53 Å². The Morgan fingerprint density at radius 3 is 2.23 bits per heavy atom. The molecule has 176 valence electrons. The Kier molecular flexibility index (Phi) is 7.75. The van der Waals surface area contributed by atoms with Gasteiger partial charge in [0, 0.05) is 57.3 Å². The summed E-state index contributed by atoms with van der Waals surface area (Å²) >= 11 is 0. The van der Waals surface area contributed by atoms with Gasteiger partial charge in [0.2, 0.25) is 5.91 Å². The molecule has 1 aliphatic carbocycles. The van der Waals surface area contributed by atoms with Gasteiger partial charge in [0.15, 0.2) is 0 Å². The van der Waals surface area contributed by atoms with E-state index in [0.29, 0.717) is 11.9 Å². The highest BCUT2D eigenvalue weighted by Gasteiger charge is 2.34. The average molecular weight is 435 g/mol. The molecule has 0 spiro atoms. The van der Waals surface area contributed by atoms with Crippen LogP contribution in [0.4, 0.5) is 4.79 Å². The number of rotatable bonds is 4. The minimum Gasteiger partial charge on any atom is -0.373 e. The number of nitrogens with one attached hydrogen (secondary N) is 1. The maximum atomic E-state index is 13.0. The molecule has 0 aromatic carbocycles. The van der Waals surface area contributed by atoms with Crippen molar-refractivity contribution in [2.75, 3.05) is 39.3 Å². The van der Waals surface area contributed by atoms with E-state index in [1.807, 2.05) is 0 Å². The molecular formula is C24H42N4O3. The molecule has 31 heavy (non-hydrogen) atoms. The molecule has 4 rings (SSSR count). The van der Waals surface area contributed by atoms with Gasteiger partial charge in [0.05, 0.1) is 12.2 Å². The number of likely N-dealkylation sites (tertiary alicyclic amines) is 2. The fraction of sp³-hybridized carbons (Fsp3) is 0.917. The molecule has 7 nitrogen and oxygen atoms in total. The van der Waals surface area contributed by atoms with Gasteiger partial charge in [0.1, 0.15) is 0 Å². The summed E-state index contributed by atoms with van der Waals surface area (Å²) in [7, 11) is 0. The number of urea groups is 1. The maximum absolute atomic E-state index is 13.0. The predicted molar refractivity (Wildman–Crippen MR) is 121 cm³/mol. The number of amides is 3. The highest BCUT2D eigenvalue weighted by molar-refractivity contribution is 5.79. The summed E-state index contributed by atoms with van der Waals surface area (Å²) in [6.07, 6.45) is 10.2. The number of ether oxygens (including phenoxy) is 1. The SMILES string of the molecule is CC1CN(CC2CCCN2C(=O)NC2CCN(C(=O)C3CCCCC3)CC2)CC(C)O1. The van der Waals surface area contributed by atoms with Crippen LogP contribution in [0, 0.1) is 5.92 Å². The summed E-state index contributed by atoms with van der Waals surface area (Å²) in [6.45, 7) is 9.53. The number of piperidine rings is 1. The number of carbonyl (C=O) groups excluding carboxylic acids is 2. The quantitative estimate of drug-likeness (QED) is 0.739. The largest absolute Gasteiger partial charge is 0.373 e. The lowest BCUT2D eigenvalue weighted by molar-refractivity contribution is -0.137. The first-order valence-electron chi connectivity index (χ1n) is 12.7. The molecule has 3 heterocycles. The molecule has 0 aromatic rings. The van der Waals surface area contributed by atoms with Crippen LogP contribution in [0.3, 0.4) is 0 Å². The fourth-order valence-electron chi connectivity index (χ4n) is 6.13. The van der Waals surface area contributed by atoms with Crippen molar-refractivity contribution < 1.29 is 14.3 Å². The molecule has 3 amide bonds. The summed E-state index contributed by atoms with van der Waals surface area (Å²) in [6, 6.07) is 0.576.